The van der Waals surface area contributed by atoms with Crippen LogP contribution in [0, 0.1) is 10.8 Å². The molecule has 0 fully saturated rings. The fourth-order valence-electron chi connectivity index (χ4n) is 2.74. The van der Waals surface area contributed by atoms with Crippen molar-refractivity contribution in [3.05, 3.63) is 35.9 Å². The minimum absolute atomic E-state index is 0.0993. The highest BCUT2D eigenvalue weighted by Gasteiger charge is 2.15. The third kappa shape index (κ3) is 11.3. The molecule has 0 aliphatic heterocycles. The zero-order chi connectivity index (χ0) is 25.7. The van der Waals surface area contributed by atoms with Crippen molar-refractivity contribution in [2.45, 2.75) is 45.6 Å². The quantitative estimate of drug-likeness (QED) is 0.165. The van der Waals surface area contributed by atoms with Crippen molar-refractivity contribution in [3.8, 4) is 0 Å². The Hall–Kier alpha value is -3.56. The molecule has 1 aromatic rings. The minimum atomic E-state index is -0.510. The fraction of sp³-hybridized carbons (Fsp3) is 0.500. The topological polar surface area (TPSA) is 142 Å². The van der Waals surface area contributed by atoms with Gasteiger partial charge in [0.2, 0.25) is 0 Å². The Labute approximate surface area is 202 Å². The fourth-order valence-corrected chi connectivity index (χ4v) is 2.74. The number of benzene rings is 1. The van der Waals surface area contributed by atoms with Gasteiger partial charge in [0.05, 0.1) is 5.56 Å². The maximum Gasteiger partial charge on any atom is 0.407 e. The summed E-state index contributed by atoms with van der Waals surface area (Å²) in [5.41, 5.74) is 1.43. The third-order valence-corrected chi connectivity index (χ3v) is 4.53. The van der Waals surface area contributed by atoms with Crippen LogP contribution < -0.4 is 21.3 Å². The van der Waals surface area contributed by atoms with Crippen LogP contribution in [0.1, 0.15) is 50.4 Å². The van der Waals surface area contributed by atoms with E-state index in [1.165, 1.54) is 12.2 Å². The summed E-state index contributed by atoms with van der Waals surface area (Å²) in [4.78, 5) is 26.0. The van der Waals surface area contributed by atoms with E-state index in [1.807, 2.05) is 26.8 Å². The number of amides is 2. The maximum absolute atomic E-state index is 12.7. The average molecular weight is 474 g/mol. The second-order valence-electron chi connectivity index (χ2n) is 8.91. The van der Waals surface area contributed by atoms with E-state index in [4.69, 9.17) is 15.6 Å². The van der Waals surface area contributed by atoms with Gasteiger partial charge in [-0.1, -0.05) is 0 Å². The zero-order valence-corrected chi connectivity index (χ0v) is 21.1. The van der Waals surface area contributed by atoms with Gasteiger partial charge in [0.15, 0.2) is 0 Å². The molecule has 10 nitrogen and oxygen atoms in total. The lowest BCUT2D eigenvalue weighted by Crippen LogP contribution is -2.33. The van der Waals surface area contributed by atoms with Crippen molar-refractivity contribution >= 4 is 35.0 Å². The minimum Gasteiger partial charge on any atom is -0.444 e. The number of unbranched alkanes of at least 4 members (excludes halogenated alkanes) is 2. The second kappa shape index (κ2) is 13.9. The first-order chi connectivity index (χ1) is 15.9. The number of amidine groups is 2. The van der Waals surface area contributed by atoms with Gasteiger partial charge in [-0.15, -0.1) is 0 Å². The van der Waals surface area contributed by atoms with Crippen molar-refractivity contribution in [1.82, 2.24) is 15.5 Å². The van der Waals surface area contributed by atoms with Crippen LogP contribution >= 0.6 is 0 Å². The standard InChI is InChI=1S/C24H39N7O3/c1-24(2,3)34-23(33)29-15-9-7-8-14-28-19-16-17(27-4)10-11-18(19)22(32)30-20(25)12-13-21(26)31(5)6/h10-13,16,26-28H,7-9,14-15H2,1-6H3,(H,29,33)(H2,25,30,32)/b13-12-,26-21?. The van der Waals surface area contributed by atoms with Crippen LogP contribution in [0.2, 0.25) is 0 Å². The molecule has 0 aliphatic carbocycles. The first-order valence-corrected chi connectivity index (χ1v) is 11.3. The summed E-state index contributed by atoms with van der Waals surface area (Å²) in [5, 5.41) is 27.3. The number of nitrogens with zero attached hydrogens (tertiary/aromatic N) is 1. The molecule has 0 spiro atoms. The summed E-state index contributed by atoms with van der Waals surface area (Å²) in [5.74, 6) is -0.281. The summed E-state index contributed by atoms with van der Waals surface area (Å²) in [6.45, 7) is 6.67. The summed E-state index contributed by atoms with van der Waals surface area (Å²) in [6, 6.07) is 5.34. The predicted molar refractivity (Wildman–Crippen MR) is 138 cm³/mol. The lowest BCUT2D eigenvalue weighted by Gasteiger charge is -2.19. The Kier molecular flexibility index (Phi) is 11.6. The Morgan fingerprint density at radius 2 is 1.74 bits per heavy atom. The third-order valence-electron chi connectivity index (χ3n) is 4.53. The number of rotatable bonds is 11. The Morgan fingerprint density at radius 3 is 2.35 bits per heavy atom. The molecule has 0 bridgehead atoms. The van der Waals surface area contributed by atoms with Gasteiger partial charge < -0.3 is 30.9 Å². The van der Waals surface area contributed by atoms with Crippen molar-refractivity contribution < 1.29 is 14.3 Å². The molecule has 34 heavy (non-hydrogen) atoms. The van der Waals surface area contributed by atoms with Crippen molar-refractivity contribution in [3.63, 3.8) is 0 Å². The molecule has 0 saturated carbocycles. The molecule has 188 valence electrons. The molecule has 0 radical (unpaired) electrons. The van der Waals surface area contributed by atoms with E-state index in [0.29, 0.717) is 24.3 Å². The molecule has 0 unspecified atom stereocenters. The monoisotopic (exact) mass is 473 g/mol. The van der Waals surface area contributed by atoms with Crippen LogP contribution in [0.4, 0.5) is 16.2 Å². The molecule has 0 aliphatic rings. The van der Waals surface area contributed by atoms with Gasteiger partial charge in [-0.25, -0.2) is 4.79 Å². The number of hydrogen-bond acceptors (Lipinski definition) is 7. The molecule has 0 aromatic heterocycles. The maximum atomic E-state index is 12.7. The van der Waals surface area contributed by atoms with Crippen LogP contribution in [-0.4, -0.2) is 68.4 Å². The molecular formula is C24H39N7O3. The Bertz CT molecular complexity index is 889. The lowest BCUT2D eigenvalue weighted by atomic mass is 10.1. The largest absolute Gasteiger partial charge is 0.444 e. The number of hydrogen-bond donors (Lipinski definition) is 6. The van der Waals surface area contributed by atoms with Crippen molar-refractivity contribution in [2.24, 2.45) is 0 Å². The molecule has 1 rings (SSSR count). The Balaban J connectivity index is 2.57. The van der Waals surface area contributed by atoms with Gasteiger partial charge in [-0.3, -0.25) is 15.6 Å². The average Bonchev–Trinajstić information content (AvgIpc) is 2.75. The number of ether oxygens (including phenoxy) is 1. The number of carbonyl (C=O) groups is 2. The highest BCUT2D eigenvalue weighted by Crippen LogP contribution is 2.21. The molecular weight excluding hydrogens is 434 g/mol. The zero-order valence-electron chi connectivity index (χ0n) is 21.1. The number of carbonyl (C=O) groups excluding carboxylic acids is 2. The van der Waals surface area contributed by atoms with Gasteiger partial charge in [0.25, 0.3) is 5.91 Å². The van der Waals surface area contributed by atoms with Crippen LogP contribution in [0.3, 0.4) is 0 Å². The van der Waals surface area contributed by atoms with Crippen molar-refractivity contribution in [2.75, 3.05) is 44.9 Å². The number of likely N-dealkylation sites (N-methyl/N-ethyl adjacent to an activating group) is 1. The van der Waals surface area contributed by atoms with Crippen LogP contribution in [0.25, 0.3) is 0 Å². The van der Waals surface area contributed by atoms with E-state index in [2.05, 4.69) is 21.3 Å². The molecule has 1 aromatic carbocycles. The van der Waals surface area contributed by atoms with E-state index in [0.717, 1.165) is 24.9 Å². The molecule has 6 N–H and O–H groups in total. The summed E-state index contributed by atoms with van der Waals surface area (Å²) in [6.07, 6.45) is 4.97. The van der Waals surface area contributed by atoms with Crippen LogP contribution in [0.15, 0.2) is 30.4 Å². The van der Waals surface area contributed by atoms with Crippen LogP contribution in [-0.2, 0) is 4.74 Å². The van der Waals surface area contributed by atoms with E-state index >= 15 is 0 Å². The smallest absolute Gasteiger partial charge is 0.407 e. The van der Waals surface area contributed by atoms with E-state index in [-0.39, 0.29) is 11.7 Å². The number of alkyl carbamates (subject to hydrolysis) is 1. The number of anilines is 2. The summed E-state index contributed by atoms with van der Waals surface area (Å²) < 4.78 is 5.21. The molecule has 0 heterocycles. The normalized spacial score (nSPS) is 11.0. The Morgan fingerprint density at radius 1 is 1.06 bits per heavy atom. The summed E-state index contributed by atoms with van der Waals surface area (Å²) in [7, 11) is 5.26. The van der Waals surface area contributed by atoms with Crippen molar-refractivity contribution in [1.29, 1.82) is 10.8 Å². The molecule has 0 saturated heterocycles. The van der Waals surface area contributed by atoms with E-state index in [9.17, 15) is 9.59 Å². The molecule has 2 amide bonds. The first-order valence-electron chi connectivity index (χ1n) is 11.3. The number of nitrogens with one attached hydrogen (secondary N) is 6. The first kappa shape index (κ1) is 28.5. The highest BCUT2D eigenvalue weighted by molar-refractivity contribution is 6.12. The van der Waals surface area contributed by atoms with Gasteiger partial charge in [0.1, 0.15) is 17.3 Å². The van der Waals surface area contributed by atoms with Crippen LogP contribution in [0.5, 0.6) is 0 Å². The predicted octanol–water partition coefficient (Wildman–Crippen LogP) is 3.64. The van der Waals surface area contributed by atoms with Gasteiger partial charge >= 0.3 is 6.09 Å². The molecule has 0 atom stereocenters. The highest BCUT2D eigenvalue weighted by atomic mass is 16.6. The van der Waals surface area contributed by atoms with E-state index in [1.54, 1.807) is 38.2 Å². The molecule has 10 heteroatoms. The second-order valence-corrected chi connectivity index (χ2v) is 8.91. The van der Waals surface area contributed by atoms with Gasteiger partial charge in [-0.05, 0) is 70.4 Å². The van der Waals surface area contributed by atoms with E-state index < -0.39 is 17.6 Å². The van der Waals surface area contributed by atoms with Gasteiger partial charge in [0, 0.05) is 45.6 Å². The lowest BCUT2D eigenvalue weighted by molar-refractivity contribution is 0.0527. The van der Waals surface area contributed by atoms with Gasteiger partial charge in [-0.2, -0.15) is 0 Å². The SMILES string of the molecule is CNc1ccc(C(=O)NC(=N)/C=C\C(=N)N(C)C)c(NCCCCCNC(=O)OC(C)(C)C)c1. The summed E-state index contributed by atoms with van der Waals surface area (Å²) >= 11 is 0.